The fraction of sp³-hybridized carbons (Fsp3) is 0.429. The number of amides is 2. The maximum absolute atomic E-state index is 10.9. The largest absolute Gasteiger partial charge is 0.290 e. The molecule has 0 unspecified atom stereocenters. The minimum Gasteiger partial charge on any atom is -0.282 e. The number of carbonyl (C=O) groups is 2. The van der Waals surface area contributed by atoms with E-state index in [1.54, 1.807) is 0 Å². The third-order valence-corrected chi connectivity index (χ3v) is 2.48. The standard InChI is InChI=1S/C7H7NO2S/c9-6-5(3-4-1-2-4)11-7(10)8-6/h3-4H,1-2H2,(H,8,9,10). The molecule has 0 bridgehead atoms. The molecule has 3 nitrogen and oxygen atoms in total. The average Bonchev–Trinajstić information content (AvgIpc) is 2.64. The fourth-order valence-electron chi connectivity index (χ4n) is 0.913. The van der Waals surface area contributed by atoms with Gasteiger partial charge in [0.1, 0.15) is 0 Å². The van der Waals surface area contributed by atoms with Crippen molar-refractivity contribution in [3.05, 3.63) is 11.0 Å². The highest BCUT2D eigenvalue weighted by Gasteiger charge is 2.28. The molecule has 2 rings (SSSR count). The van der Waals surface area contributed by atoms with Gasteiger partial charge in [0, 0.05) is 0 Å². The van der Waals surface area contributed by atoms with Crippen LogP contribution in [0.3, 0.4) is 0 Å². The van der Waals surface area contributed by atoms with E-state index in [2.05, 4.69) is 5.32 Å². The molecule has 1 saturated heterocycles. The average molecular weight is 169 g/mol. The van der Waals surface area contributed by atoms with Crippen molar-refractivity contribution >= 4 is 22.9 Å². The van der Waals surface area contributed by atoms with E-state index in [1.807, 2.05) is 6.08 Å². The summed E-state index contributed by atoms with van der Waals surface area (Å²) in [6.45, 7) is 0. The third-order valence-electron chi connectivity index (χ3n) is 1.65. The summed E-state index contributed by atoms with van der Waals surface area (Å²) < 4.78 is 0. The molecule has 1 aliphatic carbocycles. The smallest absolute Gasteiger partial charge is 0.282 e. The van der Waals surface area contributed by atoms with Crippen LogP contribution in [0.25, 0.3) is 0 Å². The summed E-state index contributed by atoms with van der Waals surface area (Å²) >= 11 is 1.00. The van der Waals surface area contributed by atoms with Crippen LogP contribution in [-0.4, -0.2) is 11.1 Å². The third kappa shape index (κ3) is 1.45. The molecule has 0 radical (unpaired) electrons. The monoisotopic (exact) mass is 169 g/mol. The van der Waals surface area contributed by atoms with Crippen molar-refractivity contribution in [2.24, 2.45) is 5.92 Å². The van der Waals surface area contributed by atoms with Crippen LogP contribution in [0.4, 0.5) is 4.79 Å². The summed E-state index contributed by atoms with van der Waals surface area (Å²) in [5.74, 6) is 0.320. The van der Waals surface area contributed by atoms with E-state index in [9.17, 15) is 9.59 Å². The predicted molar refractivity (Wildman–Crippen MR) is 41.9 cm³/mol. The van der Waals surface area contributed by atoms with Gasteiger partial charge in [-0.05, 0) is 30.5 Å². The lowest BCUT2D eigenvalue weighted by atomic mass is 10.3. The molecule has 1 N–H and O–H groups in total. The van der Waals surface area contributed by atoms with Gasteiger partial charge in [0.2, 0.25) is 0 Å². The molecule has 2 amide bonds. The second kappa shape index (κ2) is 2.37. The maximum Gasteiger partial charge on any atom is 0.290 e. The normalized spacial score (nSPS) is 27.8. The number of imide groups is 1. The van der Waals surface area contributed by atoms with Gasteiger partial charge in [0.15, 0.2) is 0 Å². The summed E-state index contributed by atoms with van der Waals surface area (Å²) in [5, 5.41) is 1.97. The summed E-state index contributed by atoms with van der Waals surface area (Å²) in [6, 6.07) is 0. The number of allylic oxidation sites excluding steroid dienone is 1. The Kier molecular flexibility index (Phi) is 1.49. The Morgan fingerprint density at radius 2 is 2.18 bits per heavy atom. The zero-order valence-corrected chi connectivity index (χ0v) is 6.61. The SMILES string of the molecule is O=C1NC(=O)C(=CC2CC2)S1. The minimum absolute atomic E-state index is 0.230. The lowest BCUT2D eigenvalue weighted by molar-refractivity contribution is -0.115. The van der Waals surface area contributed by atoms with Crippen LogP contribution in [0.2, 0.25) is 0 Å². The molecular formula is C7H7NO2S. The van der Waals surface area contributed by atoms with Gasteiger partial charge in [-0.1, -0.05) is 6.08 Å². The lowest BCUT2D eigenvalue weighted by Crippen LogP contribution is -2.17. The molecule has 1 heterocycles. The molecule has 0 aromatic rings. The molecule has 11 heavy (non-hydrogen) atoms. The molecule has 0 aromatic carbocycles. The zero-order chi connectivity index (χ0) is 7.84. The first-order chi connectivity index (χ1) is 5.25. The Balaban J connectivity index is 2.13. The van der Waals surface area contributed by atoms with Gasteiger partial charge in [-0.25, -0.2) is 0 Å². The van der Waals surface area contributed by atoms with Crippen molar-refractivity contribution in [2.75, 3.05) is 0 Å². The highest BCUT2D eigenvalue weighted by atomic mass is 32.2. The van der Waals surface area contributed by atoms with Gasteiger partial charge >= 0.3 is 0 Å². The Morgan fingerprint density at radius 1 is 1.45 bits per heavy atom. The molecule has 1 saturated carbocycles. The van der Waals surface area contributed by atoms with Gasteiger partial charge in [-0.2, -0.15) is 0 Å². The maximum atomic E-state index is 10.9. The molecule has 2 fully saturated rings. The van der Waals surface area contributed by atoms with Gasteiger partial charge in [-0.3, -0.25) is 14.9 Å². The predicted octanol–water partition coefficient (Wildman–Crippen LogP) is 1.26. The molecule has 1 aliphatic heterocycles. The molecular weight excluding hydrogens is 162 g/mol. The van der Waals surface area contributed by atoms with Crippen LogP contribution in [0.5, 0.6) is 0 Å². The van der Waals surface area contributed by atoms with E-state index >= 15 is 0 Å². The van der Waals surface area contributed by atoms with E-state index in [0.29, 0.717) is 10.8 Å². The van der Waals surface area contributed by atoms with E-state index in [-0.39, 0.29) is 11.1 Å². The van der Waals surface area contributed by atoms with E-state index in [0.717, 1.165) is 24.6 Å². The Labute approximate surface area is 68.2 Å². The number of rotatable bonds is 1. The summed E-state index contributed by atoms with van der Waals surface area (Å²) in [5.41, 5.74) is 0. The number of nitrogens with one attached hydrogen (secondary N) is 1. The zero-order valence-electron chi connectivity index (χ0n) is 5.79. The van der Waals surface area contributed by atoms with Crippen molar-refractivity contribution < 1.29 is 9.59 Å². The van der Waals surface area contributed by atoms with Crippen molar-refractivity contribution in [3.63, 3.8) is 0 Å². The number of hydrogen-bond donors (Lipinski definition) is 1. The van der Waals surface area contributed by atoms with Crippen molar-refractivity contribution in [1.29, 1.82) is 0 Å². The van der Waals surface area contributed by atoms with E-state index in [4.69, 9.17) is 0 Å². The quantitative estimate of drug-likeness (QED) is 0.601. The summed E-state index contributed by atoms with van der Waals surface area (Å²) in [7, 11) is 0. The molecule has 0 atom stereocenters. The first kappa shape index (κ1) is 6.91. The number of hydrogen-bond acceptors (Lipinski definition) is 3. The van der Waals surface area contributed by atoms with Crippen molar-refractivity contribution in [2.45, 2.75) is 12.8 Å². The second-order valence-electron chi connectivity index (χ2n) is 2.71. The lowest BCUT2D eigenvalue weighted by Gasteiger charge is -1.86. The first-order valence-corrected chi connectivity index (χ1v) is 4.32. The second-order valence-corrected chi connectivity index (χ2v) is 3.73. The summed E-state index contributed by atoms with van der Waals surface area (Å²) in [6.07, 6.45) is 4.21. The fourth-order valence-corrected chi connectivity index (χ4v) is 1.66. The van der Waals surface area contributed by atoms with Crippen molar-refractivity contribution in [1.82, 2.24) is 5.32 Å². The highest BCUT2D eigenvalue weighted by Crippen LogP contribution is 2.35. The van der Waals surface area contributed by atoms with Gasteiger partial charge in [0.05, 0.1) is 4.91 Å². The molecule has 0 aromatic heterocycles. The van der Waals surface area contributed by atoms with Gasteiger partial charge in [-0.15, -0.1) is 0 Å². The first-order valence-electron chi connectivity index (χ1n) is 3.51. The molecule has 4 heteroatoms. The van der Waals surface area contributed by atoms with Gasteiger partial charge < -0.3 is 0 Å². The summed E-state index contributed by atoms with van der Waals surface area (Å²) in [4.78, 5) is 22.2. The molecule has 2 aliphatic rings. The van der Waals surface area contributed by atoms with E-state index in [1.165, 1.54) is 0 Å². The highest BCUT2D eigenvalue weighted by molar-refractivity contribution is 8.18. The van der Waals surface area contributed by atoms with Crippen LogP contribution >= 0.6 is 11.8 Å². The number of thioether (sulfide) groups is 1. The van der Waals surface area contributed by atoms with Crippen LogP contribution in [-0.2, 0) is 4.79 Å². The Bertz CT molecular complexity index is 255. The molecule has 58 valence electrons. The molecule has 0 spiro atoms. The minimum atomic E-state index is -0.248. The van der Waals surface area contributed by atoms with Crippen LogP contribution in [0.15, 0.2) is 11.0 Å². The van der Waals surface area contributed by atoms with Crippen LogP contribution < -0.4 is 5.32 Å². The Hall–Kier alpha value is -0.770. The Morgan fingerprint density at radius 3 is 2.64 bits per heavy atom. The van der Waals surface area contributed by atoms with E-state index < -0.39 is 0 Å². The van der Waals surface area contributed by atoms with Crippen molar-refractivity contribution in [3.8, 4) is 0 Å². The van der Waals surface area contributed by atoms with Crippen LogP contribution in [0, 0.1) is 5.92 Å². The topological polar surface area (TPSA) is 46.2 Å². The number of carbonyl (C=O) groups excluding carboxylic acids is 2. The van der Waals surface area contributed by atoms with Gasteiger partial charge in [0.25, 0.3) is 11.1 Å². The van der Waals surface area contributed by atoms with Crippen LogP contribution in [0.1, 0.15) is 12.8 Å².